The smallest absolute Gasteiger partial charge is 0.0469 e. The van der Waals surface area contributed by atoms with Gasteiger partial charge in [-0.1, -0.05) is 26.7 Å². The average Bonchev–Trinajstić information content (AvgIpc) is 2.33. The molecular formula is C15H29NO. The summed E-state index contributed by atoms with van der Waals surface area (Å²) < 4.78 is 5.45. The van der Waals surface area contributed by atoms with E-state index in [2.05, 4.69) is 26.1 Å². The second-order valence-electron chi connectivity index (χ2n) is 6.69. The van der Waals surface area contributed by atoms with Gasteiger partial charge in [-0.15, -0.1) is 0 Å². The highest BCUT2D eigenvalue weighted by atomic mass is 16.5. The van der Waals surface area contributed by atoms with Crippen LogP contribution in [0, 0.1) is 11.3 Å². The van der Waals surface area contributed by atoms with Crippen molar-refractivity contribution in [3.63, 3.8) is 0 Å². The van der Waals surface area contributed by atoms with Gasteiger partial charge in [0.15, 0.2) is 0 Å². The molecule has 1 saturated carbocycles. The van der Waals surface area contributed by atoms with Crippen molar-refractivity contribution in [3.05, 3.63) is 0 Å². The first-order valence-corrected chi connectivity index (χ1v) is 7.43. The van der Waals surface area contributed by atoms with E-state index in [4.69, 9.17) is 4.74 Å². The van der Waals surface area contributed by atoms with Gasteiger partial charge in [0, 0.05) is 25.3 Å². The van der Waals surface area contributed by atoms with Crippen LogP contribution in [0.1, 0.15) is 59.3 Å². The van der Waals surface area contributed by atoms with Crippen molar-refractivity contribution in [2.45, 2.75) is 71.4 Å². The van der Waals surface area contributed by atoms with E-state index >= 15 is 0 Å². The summed E-state index contributed by atoms with van der Waals surface area (Å²) in [4.78, 5) is 0. The van der Waals surface area contributed by atoms with Crippen molar-refractivity contribution in [1.82, 2.24) is 5.32 Å². The minimum Gasteiger partial charge on any atom is -0.381 e. The van der Waals surface area contributed by atoms with Crippen LogP contribution in [0.2, 0.25) is 0 Å². The molecule has 1 aliphatic heterocycles. The largest absolute Gasteiger partial charge is 0.381 e. The molecule has 0 radical (unpaired) electrons. The zero-order valence-corrected chi connectivity index (χ0v) is 11.8. The standard InChI is InChI=1S/C15H29NO/c1-12(13-7-10-17-11-8-13)16-14-6-4-5-9-15(14,2)3/h12-14,16H,4-11H2,1-3H3. The molecule has 1 saturated heterocycles. The number of rotatable bonds is 3. The normalized spacial score (nSPS) is 32.3. The molecule has 0 aromatic heterocycles. The highest BCUT2D eigenvalue weighted by Crippen LogP contribution is 2.36. The highest BCUT2D eigenvalue weighted by molar-refractivity contribution is 4.90. The van der Waals surface area contributed by atoms with E-state index in [1.54, 1.807) is 0 Å². The maximum atomic E-state index is 5.45. The van der Waals surface area contributed by atoms with Crippen LogP contribution in [0.3, 0.4) is 0 Å². The first-order valence-electron chi connectivity index (χ1n) is 7.43. The third-order valence-corrected chi connectivity index (χ3v) is 4.94. The first kappa shape index (κ1) is 13.4. The second-order valence-corrected chi connectivity index (χ2v) is 6.69. The Balaban J connectivity index is 1.85. The molecule has 2 atom stereocenters. The van der Waals surface area contributed by atoms with Crippen LogP contribution in [0.4, 0.5) is 0 Å². The van der Waals surface area contributed by atoms with Gasteiger partial charge in [0.05, 0.1) is 0 Å². The zero-order valence-electron chi connectivity index (χ0n) is 11.8. The van der Waals surface area contributed by atoms with Crippen molar-refractivity contribution >= 4 is 0 Å². The molecule has 100 valence electrons. The summed E-state index contributed by atoms with van der Waals surface area (Å²) in [6, 6.07) is 1.37. The zero-order chi connectivity index (χ0) is 12.3. The van der Waals surface area contributed by atoms with Gasteiger partial charge in [0.1, 0.15) is 0 Å². The number of hydrogen-bond donors (Lipinski definition) is 1. The lowest BCUT2D eigenvalue weighted by Gasteiger charge is -2.42. The number of ether oxygens (including phenoxy) is 1. The van der Waals surface area contributed by atoms with Gasteiger partial charge in [0.2, 0.25) is 0 Å². The van der Waals surface area contributed by atoms with Crippen molar-refractivity contribution in [2.75, 3.05) is 13.2 Å². The fourth-order valence-electron chi connectivity index (χ4n) is 3.47. The molecule has 1 aliphatic carbocycles. The summed E-state index contributed by atoms with van der Waals surface area (Å²) in [5.74, 6) is 0.821. The Kier molecular flexibility index (Phi) is 4.48. The lowest BCUT2D eigenvalue weighted by atomic mass is 9.72. The maximum absolute atomic E-state index is 5.45. The minimum absolute atomic E-state index is 0.484. The summed E-state index contributed by atoms with van der Waals surface area (Å²) in [7, 11) is 0. The van der Waals surface area contributed by atoms with E-state index in [0.29, 0.717) is 17.5 Å². The average molecular weight is 239 g/mol. The lowest BCUT2D eigenvalue weighted by Crippen LogP contribution is -2.50. The maximum Gasteiger partial charge on any atom is 0.0469 e. The number of nitrogens with one attached hydrogen (secondary N) is 1. The molecule has 2 rings (SSSR count). The van der Waals surface area contributed by atoms with Gasteiger partial charge in [-0.2, -0.15) is 0 Å². The molecule has 1 heterocycles. The van der Waals surface area contributed by atoms with Gasteiger partial charge in [-0.25, -0.2) is 0 Å². The van der Waals surface area contributed by atoms with Crippen LogP contribution < -0.4 is 5.32 Å². The minimum atomic E-state index is 0.484. The third kappa shape index (κ3) is 3.45. The Morgan fingerprint density at radius 3 is 2.47 bits per heavy atom. The van der Waals surface area contributed by atoms with Crippen molar-refractivity contribution in [3.8, 4) is 0 Å². The summed E-state index contributed by atoms with van der Waals surface area (Å²) in [6.07, 6.45) is 8.03. The predicted molar refractivity (Wildman–Crippen MR) is 72.2 cm³/mol. The summed E-state index contributed by atoms with van der Waals surface area (Å²) in [5, 5.41) is 3.92. The molecule has 2 unspecified atom stereocenters. The highest BCUT2D eigenvalue weighted by Gasteiger charge is 2.34. The lowest BCUT2D eigenvalue weighted by molar-refractivity contribution is 0.0480. The molecule has 2 nitrogen and oxygen atoms in total. The Hall–Kier alpha value is -0.0800. The Labute approximate surface area is 107 Å². The molecule has 0 aromatic rings. The topological polar surface area (TPSA) is 21.3 Å². The molecule has 0 amide bonds. The molecule has 2 aliphatic rings. The number of hydrogen-bond acceptors (Lipinski definition) is 2. The second kappa shape index (κ2) is 5.71. The van der Waals surface area contributed by atoms with Crippen LogP contribution in [0.15, 0.2) is 0 Å². The molecule has 2 fully saturated rings. The Morgan fingerprint density at radius 2 is 1.82 bits per heavy atom. The molecule has 0 aromatic carbocycles. The van der Waals surface area contributed by atoms with Gasteiger partial charge >= 0.3 is 0 Å². The van der Waals surface area contributed by atoms with E-state index in [9.17, 15) is 0 Å². The van der Waals surface area contributed by atoms with E-state index in [0.717, 1.165) is 19.1 Å². The van der Waals surface area contributed by atoms with Crippen molar-refractivity contribution < 1.29 is 4.74 Å². The summed E-state index contributed by atoms with van der Waals surface area (Å²) in [6.45, 7) is 9.16. The van der Waals surface area contributed by atoms with Gasteiger partial charge in [-0.05, 0) is 43.9 Å². The quantitative estimate of drug-likeness (QED) is 0.815. The van der Waals surface area contributed by atoms with Gasteiger partial charge in [0.25, 0.3) is 0 Å². The summed E-state index contributed by atoms with van der Waals surface area (Å²) >= 11 is 0. The monoisotopic (exact) mass is 239 g/mol. The third-order valence-electron chi connectivity index (χ3n) is 4.94. The van der Waals surface area contributed by atoms with Crippen LogP contribution in [0.25, 0.3) is 0 Å². The van der Waals surface area contributed by atoms with Crippen LogP contribution in [-0.4, -0.2) is 25.3 Å². The summed E-state index contributed by atoms with van der Waals surface area (Å²) in [5.41, 5.74) is 0.484. The molecule has 0 spiro atoms. The van der Waals surface area contributed by atoms with Crippen molar-refractivity contribution in [2.24, 2.45) is 11.3 Å². The van der Waals surface area contributed by atoms with Crippen LogP contribution in [0.5, 0.6) is 0 Å². The Morgan fingerprint density at radius 1 is 1.12 bits per heavy atom. The molecular weight excluding hydrogens is 210 g/mol. The fourth-order valence-corrected chi connectivity index (χ4v) is 3.47. The molecule has 0 bridgehead atoms. The fraction of sp³-hybridized carbons (Fsp3) is 1.00. The van der Waals surface area contributed by atoms with E-state index < -0.39 is 0 Å². The molecule has 2 heteroatoms. The first-order chi connectivity index (χ1) is 8.09. The van der Waals surface area contributed by atoms with Crippen molar-refractivity contribution in [1.29, 1.82) is 0 Å². The van der Waals surface area contributed by atoms with E-state index in [1.807, 2.05) is 0 Å². The van der Waals surface area contributed by atoms with E-state index in [1.165, 1.54) is 38.5 Å². The van der Waals surface area contributed by atoms with Crippen LogP contribution >= 0.6 is 0 Å². The van der Waals surface area contributed by atoms with Gasteiger partial charge in [-0.3, -0.25) is 0 Å². The Bertz CT molecular complexity index is 233. The van der Waals surface area contributed by atoms with Gasteiger partial charge < -0.3 is 10.1 Å². The van der Waals surface area contributed by atoms with Crippen LogP contribution in [-0.2, 0) is 4.74 Å². The SMILES string of the molecule is CC(NC1CCCCC1(C)C)C1CCOCC1. The predicted octanol–water partition coefficient (Wildman–Crippen LogP) is 3.36. The molecule has 17 heavy (non-hydrogen) atoms. The van der Waals surface area contributed by atoms with E-state index in [-0.39, 0.29) is 0 Å². The molecule has 1 N–H and O–H groups in total.